The Morgan fingerprint density at radius 2 is 1.95 bits per heavy atom. The fraction of sp³-hybridized carbons (Fsp3) is 0.529. The third-order valence-corrected chi connectivity index (χ3v) is 3.26. The molecule has 0 saturated heterocycles. The van der Waals surface area contributed by atoms with Gasteiger partial charge in [-0.3, -0.25) is 0 Å². The molecule has 0 unspecified atom stereocenters. The van der Waals surface area contributed by atoms with E-state index in [0.29, 0.717) is 6.04 Å². The van der Waals surface area contributed by atoms with Gasteiger partial charge in [-0.25, -0.2) is 0 Å². The van der Waals surface area contributed by atoms with Crippen molar-refractivity contribution in [3.8, 4) is 5.75 Å². The first-order valence-electron chi connectivity index (χ1n) is 7.56. The molecule has 0 atom stereocenters. The van der Waals surface area contributed by atoms with Gasteiger partial charge in [-0.15, -0.1) is 0 Å². The predicted molar refractivity (Wildman–Crippen MR) is 85.5 cm³/mol. The fourth-order valence-electron chi connectivity index (χ4n) is 2.39. The van der Waals surface area contributed by atoms with E-state index in [1.54, 1.807) is 0 Å². The number of nitrogens with zero attached hydrogens (tertiary/aromatic N) is 1. The van der Waals surface area contributed by atoms with Gasteiger partial charge in [0, 0.05) is 24.2 Å². The van der Waals surface area contributed by atoms with Gasteiger partial charge in [0.25, 0.3) is 0 Å². The summed E-state index contributed by atoms with van der Waals surface area (Å²) in [5.74, 6) is 0.983. The van der Waals surface area contributed by atoms with Crippen LogP contribution in [0.3, 0.4) is 0 Å². The molecule has 1 N–H and O–H groups in total. The van der Waals surface area contributed by atoms with E-state index in [0.717, 1.165) is 25.3 Å². The summed E-state index contributed by atoms with van der Waals surface area (Å²) in [5, 5.41) is 4.66. The van der Waals surface area contributed by atoms with Gasteiger partial charge in [-0.1, -0.05) is 19.9 Å². The molecule has 2 aromatic rings. The highest BCUT2D eigenvalue weighted by Crippen LogP contribution is 2.27. The highest BCUT2D eigenvalue weighted by molar-refractivity contribution is 5.86. The summed E-state index contributed by atoms with van der Waals surface area (Å²) in [4.78, 5) is 0. The molecule has 0 bridgehead atoms. The lowest BCUT2D eigenvalue weighted by molar-refractivity contribution is 0.245. The van der Waals surface area contributed by atoms with Crippen molar-refractivity contribution in [1.82, 2.24) is 9.88 Å². The molecule has 0 spiro atoms. The van der Waals surface area contributed by atoms with Crippen LogP contribution in [-0.4, -0.2) is 23.3 Å². The van der Waals surface area contributed by atoms with E-state index >= 15 is 0 Å². The van der Waals surface area contributed by atoms with Crippen LogP contribution in [0.25, 0.3) is 10.9 Å². The highest BCUT2D eigenvalue weighted by Gasteiger charge is 2.07. The fourth-order valence-corrected chi connectivity index (χ4v) is 2.39. The number of fused-ring (bicyclic) bond motifs is 1. The number of benzene rings is 1. The van der Waals surface area contributed by atoms with Crippen molar-refractivity contribution in [3.63, 3.8) is 0 Å². The third-order valence-electron chi connectivity index (χ3n) is 3.26. The van der Waals surface area contributed by atoms with Gasteiger partial charge in [-0.2, -0.15) is 0 Å². The first kappa shape index (κ1) is 14.9. The van der Waals surface area contributed by atoms with E-state index in [9.17, 15) is 0 Å². The molecule has 0 aliphatic carbocycles. The summed E-state index contributed by atoms with van der Waals surface area (Å²) in [6, 6.07) is 9.00. The smallest absolute Gasteiger partial charge is 0.129 e. The van der Waals surface area contributed by atoms with Crippen molar-refractivity contribution in [2.45, 2.75) is 52.8 Å². The van der Waals surface area contributed by atoms with Gasteiger partial charge in [0.15, 0.2) is 0 Å². The lowest BCUT2D eigenvalue weighted by Crippen LogP contribution is -2.24. The zero-order chi connectivity index (χ0) is 14.5. The van der Waals surface area contributed by atoms with Gasteiger partial charge in [0.05, 0.1) is 11.6 Å². The standard InChI is InChI=1S/C17H26N2O/c1-13(2)18-10-6-11-19-12-9-15-16(19)7-5-8-17(15)20-14(3)4/h5,7-9,12-14,18H,6,10-11H2,1-4H3. The molecule has 3 nitrogen and oxygen atoms in total. The second kappa shape index (κ2) is 6.80. The molecule has 0 radical (unpaired) electrons. The van der Waals surface area contributed by atoms with Crippen molar-refractivity contribution in [2.24, 2.45) is 0 Å². The number of nitrogens with one attached hydrogen (secondary N) is 1. The lowest BCUT2D eigenvalue weighted by Gasteiger charge is -2.12. The average Bonchev–Trinajstić information content (AvgIpc) is 2.78. The van der Waals surface area contributed by atoms with Gasteiger partial charge >= 0.3 is 0 Å². The first-order chi connectivity index (χ1) is 9.58. The van der Waals surface area contributed by atoms with Crippen molar-refractivity contribution in [1.29, 1.82) is 0 Å². The van der Waals surface area contributed by atoms with Crippen LogP contribution in [0.15, 0.2) is 30.5 Å². The summed E-state index contributed by atoms with van der Waals surface area (Å²) < 4.78 is 8.18. The van der Waals surface area contributed by atoms with E-state index in [1.807, 2.05) is 6.07 Å². The molecule has 1 aromatic heterocycles. The SMILES string of the molecule is CC(C)NCCCn1ccc2c(OC(C)C)cccc21. The maximum atomic E-state index is 5.87. The lowest BCUT2D eigenvalue weighted by atomic mass is 10.2. The van der Waals surface area contributed by atoms with Crippen molar-refractivity contribution >= 4 is 10.9 Å². The minimum atomic E-state index is 0.208. The summed E-state index contributed by atoms with van der Waals surface area (Å²) in [7, 11) is 0. The van der Waals surface area contributed by atoms with Crippen molar-refractivity contribution < 1.29 is 4.74 Å². The summed E-state index contributed by atoms with van der Waals surface area (Å²) in [6.07, 6.45) is 3.50. The predicted octanol–water partition coefficient (Wildman–Crippen LogP) is 3.82. The molecule has 0 aliphatic rings. The summed E-state index contributed by atoms with van der Waals surface area (Å²) >= 11 is 0. The van der Waals surface area contributed by atoms with Crippen LogP contribution in [0.2, 0.25) is 0 Å². The number of aryl methyl sites for hydroxylation is 1. The van der Waals surface area contributed by atoms with E-state index in [1.165, 1.54) is 10.9 Å². The van der Waals surface area contributed by atoms with Crippen LogP contribution in [0.5, 0.6) is 5.75 Å². The van der Waals surface area contributed by atoms with Crippen LogP contribution in [0.1, 0.15) is 34.1 Å². The van der Waals surface area contributed by atoms with Crippen LogP contribution in [0, 0.1) is 0 Å². The third kappa shape index (κ3) is 3.76. The normalized spacial score (nSPS) is 11.7. The number of hydrogen-bond acceptors (Lipinski definition) is 2. The number of rotatable bonds is 7. The van der Waals surface area contributed by atoms with Crippen LogP contribution in [-0.2, 0) is 6.54 Å². The van der Waals surface area contributed by atoms with Gasteiger partial charge in [-0.05, 0) is 45.0 Å². The molecule has 0 saturated carbocycles. The number of hydrogen-bond donors (Lipinski definition) is 1. The van der Waals surface area contributed by atoms with Crippen molar-refractivity contribution in [3.05, 3.63) is 30.5 Å². The summed E-state index contributed by atoms with van der Waals surface area (Å²) in [6.45, 7) is 10.6. The monoisotopic (exact) mass is 274 g/mol. The molecular weight excluding hydrogens is 248 g/mol. The average molecular weight is 274 g/mol. The molecular formula is C17H26N2O. The maximum absolute atomic E-state index is 5.87. The van der Waals surface area contributed by atoms with E-state index in [2.05, 4.69) is 62.0 Å². The molecule has 20 heavy (non-hydrogen) atoms. The minimum Gasteiger partial charge on any atom is -0.490 e. The summed E-state index contributed by atoms with van der Waals surface area (Å²) in [5.41, 5.74) is 1.26. The second-order valence-corrected chi connectivity index (χ2v) is 5.83. The molecule has 1 aromatic carbocycles. The van der Waals surface area contributed by atoms with Crippen LogP contribution in [0.4, 0.5) is 0 Å². The van der Waals surface area contributed by atoms with E-state index in [4.69, 9.17) is 4.74 Å². The molecule has 0 fully saturated rings. The van der Waals surface area contributed by atoms with E-state index < -0.39 is 0 Å². The number of ether oxygens (including phenoxy) is 1. The Labute approximate surface area is 121 Å². The Bertz CT molecular complexity index is 543. The Kier molecular flexibility index (Phi) is 5.07. The van der Waals surface area contributed by atoms with Crippen LogP contribution >= 0.6 is 0 Å². The Balaban J connectivity index is 2.08. The Morgan fingerprint density at radius 3 is 2.65 bits per heavy atom. The topological polar surface area (TPSA) is 26.2 Å². The number of aromatic nitrogens is 1. The van der Waals surface area contributed by atoms with Crippen molar-refractivity contribution in [2.75, 3.05) is 6.54 Å². The second-order valence-electron chi connectivity index (χ2n) is 5.83. The van der Waals surface area contributed by atoms with Crippen LogP contribution < -0.4 is 10.1 Å². The maximum Gasteiger partial charge on any atom is 0.129 e. The molecule has 1 heterocycles. The van der Waals surface area contributed by atoms with Gasteiger partial charge < -0.3 is 14.6 Å². The highest BCUT2D eigenvalue weighted by atomic mass is 16.5. The quantitative estimate of drug-likeness (QED) is 0.777. The van der Waals surface area contributed by atoms with Gasteiger partial charge in [0.1, 0.15) is 5.75 Å². The molecule has 0 aliphatic heterocycles. The minimum absolute atomic E-state index is 0.208. The molecule has 110 valence electrons. The Morgan fingerprint density at radius 1 is 1.15 bits per heavy atom. The zero-order valence-corrected chi connectivity index (χ0v) is 13.0. The zero-order valence-electron chi connectivity index (χ0n) is 13.0. The first-order valence-corrected chi connectivity index (χ1v) is 7.56. The largest absolute Gasteiger partial charge is 0.490 e. The Hall–Kier alpha value is -1.48. The molecule has 2 rings (SSSR count). The van der Waals surface area contributed by atoms with Gasteiger partial charge in [0.2, 0.25) is 0 Å². The molecule has 0 amide bonds. The molecule has 3 heteroatoms. The van der Waals surface area contributed by atoms with E-state index in [-0.39, 0.29) is 6.10 Å².